The average Bonchev–Trinajstić information content (AvgIpc) is 2.05. The maximum absolute atomic E-state index is 9.31. The van der Waals surface area contributed by atoms with E-state index in [-0.39, 0.29) is 0 Å². The van der Waals surface area contributed by atoms with Crippen molar-refractivity contribution in [1.82, 2.24) is 4.98 Å². The van der Waals surface area contributed by atoms with Gasteiger partial charge >= 0.3 is 0 Å². The molecule has 0 bridgehead atoms. The van der Waals surface area contributed by atoms with Gasteiger partial charge in [-0.2, -0.15) is 0 Å². The summed E-state index contributed by atoms with van der Waals surface area (Å²) in [4.78, 5) is 4.07. The predicted octanol–water partition coefficient (Wildman–Crippen LogP) is 1.82. The number of aliphatic hydroxyl groups is 1. The van der Waals surface area contributed by atoms with Gasteiger partial charge in [0, 0.05) is 11.5 Å². The largest absolute Gasteiger partial charge is 0.386 e. The third-order valence-corrected chi connectivity index (χ3v) is 2.04. The monoisotopic (exact) mass is 215 g/mol. The summed E-state index contributed by atoms with van der Waals surface area (Å²) in [7, 11) is 0. The molecule has 0 aliphatic rings. The maximum atomic E-state index is 9.31. The summed E-state index contributed by atoms with van der Waals surface area (Å²) in [5.74, 6) is 0. The Morgan fingerprint density at radius 2 is 2.36 bits per heavy atom. The third kappa shape index (κ3) is 2.27. The zero-order valence-corrected chi connectivity index (χ0v) is 7.87. The third-order valence-electron chi connectivity index (χ3n) is 1.42. The van der Waals surface area contributed by atoms with Crippen LogP contribution in [-0.4, -0.2) is 15.4 Å². The first-order valence-corrected chi connectivity index (χ1v) is 4.53. The molecule has 0 spiro atoms. The van der Waals surface area contributed by atoms with E-state index in [9.17, 15) is 5.11 Å². The van der Waals surface area contributed by atoms with E-state index in [1.165, 1.54) is 0 Å². The van der Waals surface area contributed by atoms with Gasteiger partial charge in [0.25, 0.3) is 0 Å². The number of aliphatic hydroxyl groups excluding tert-OH is 1. The molecule has 0 saturated heterocycles. The number of aromatic nitrogens is 1. The molecule has 0 amide bonds. The quantitative estimate of drug-likeness (QED) is 0.765. The van der Waals surface area contributed by atoms with Gasteiger partial charge in [-0.05, 0) is 18.6 Å². The standard InChI is InChI=1S/C8H10BrNO/c1-6-2-3-7(10-5-6)8(11)4-9/h2-3,5,8,11H,4H2,1H3/t8-/m1/s1. The Morgan fingerprint density at radius 3 is 2.82 bits per heavy atom. The van der Waals surface area contributed by atoms with Crippen LogP contribution < -0.4 is 0 Å². The van der Waals surface area contributed by atoms with Crippen molar-refractivity contribution >= 4 is 15.9 Å². The smallest absolute Gasteiger partial charge is 0.106 e. The molecule has 1 atom stereocenters. The number of halogens is 1. The van der Waals surface area contributed by atoms with Crippen LogP contribution in [0.5, 0.6) is 0 Å². The Morgan fingerprint density at radius 1 is 1.64 bits per heavy atom. The second-order valence-electron chi connectivity index (χ2n) is 2.43. The van der Waals surface area contributed by atoms with E-state index in [0.717, 1.165) is 5.56 Å². The topological polar surface area (TPSA) is 33.1 Å². The molecule has 0 aliphatic carbocycles. The fourth-order valence-electron chi connectivity index (χ4n) is 0.755. The molecule has 60 valence electrons. The van der Waals surface area contributed by atoms with Gasteiger partial charge in [-0.15, -0.1) is 0 Å². The van der Waals surface area contributed by atoms with E-state index in [1.807, 2.05) is 19.1 Å². The lowest BCUT2D eigenvalue weighted by atomic mass is 10.2. The normalized spacial score (nSPS) is 13.0. The molecule has 1 aromatic rings. The minimum Gasteiger partial charge on any atom is -0.386 e. The molecule has 0 saturated carbocycles. The van der Waals surface area contributed by atoms with Crippen molar-refractivity contribution < 1.29 is 5.11 Å². The van der Waals surface area contributed by atoms with Crippen LogP contribution in [0.1, 0.15) is 17.4 Å². The lowest BCUT2D eigenvalue weighted by Gasteiger charge is -2.04. The van der Waals surface area contributed by atoms with E-state index in [0.29, 0.717) is 11.0 Å². The van der Waals surface area contributed by atoms with Crippen LogP contribution in [-0.2, 0) is 0 Å². The molecule has 1 aromatic heterocycles. The highest BCUT2D eigenvalue weighted by atomic mass is 79.9. The summed E-state index contributed by atoms with van der Waals surface area (Å²) in [5, 5.41) is 9.84. The van der Waals surface area contributed by atoms with Gasteiger partial charge in [-0.25, -0.2) is 0 Å². The molecule has 3 heteroatoms. The SMILES string of the molecule is Cc1ccc([C@H](O)CBr)nc1. The van der Waals surface area contributed by atoms with E-state index in [4.69, 9.17) is 0 Å². The van der Waals surface area contributed by atoms with Crippen molar-refractivity contribution in [1.29, 1.82) is 0 Å². The molecule has 0 radical (unpaired) electrons. The molecule has 1 rings (SSSR count). The molecule has 0 unspecified atom stereocenters. The van der Waals surface area contributed by atoms with Crippen LogP contribution in [0.15, 0.2) is 18.3 Å². The number of rotatable bonds is 2. The van der Waals surface area contributed by atoms with Crippen molar-refractivity contribution in [2.45, 2.75) is 13.0 Å². The summed E-state index contributed by atoms with van der Waals surface area (Å²) in [6.07, 6.45) is 1.26. The summed E-state index contributed by atoms with van der Waals surface area (Å²) >= 11 is 3.18. The molecule has 0 aromatic carbocycles. The first-order chi connectivity index (χ1) is 5.24. The van der Waals surface area contributed by atoms with Crippen molar-refractivity contribution in [3.05, 3.63) is 29.6 Å². The van der Waals surface area contributed by atoms with Crippen LogP contribution in [0.4, 0.5) is 0 Å². The molecule has 0 fully saturated rings. The Bertz CT molecular complexity index is 222. The van der Waals surface area contributed by atoms with E-state index in [1.54, 1.807) is 6.20 Å². The van der Waals surface area contributed by atoms with E-state index >= 15 is 0 Å². The van der Waals surface area contributed by atoms with Gasteiger partial charge < -0.3 is 5.11 Å². The van der Waals surface area contributed by atoms with Crippen molar-refractivity contribution in [3.8, 4) is 0 Å². The molecule has 2 nitrogen and oxygen atoms in total. The highest BCUT2D eigenvalue weighted by molar-refractivity contribution is 9.09. The minimum atomic E-state index is -0.490. The summed E-state index contributed by atoms with van der Waals surface area (Å²) in [6, 6.07) is 3.77. The highest BCUT2D eigenvalue weighted by Gasteiger charge is 2.04. The fourth-order valence-corrected chi connectivity index (χ4v) is 1.09. The van der Waals surface area contributed by atoms with Gasteiger partial charge in [-0.1, -0.05) is 22.0 Å². The van der Waals surface area contributed by atoms with Crippen LogP contribution in [0.25, 0.3) is 0 Å². The van der Waals surface area contributed by atoms with Gasteiger partial charge in [0.1, 0.15) is 6.10 Å². The van der Waals surface area contributed by atoms with Gasteiger partial charge in [0.15, 0.2) is 0 Å². The van der Waals surface area contributed by atoms with Crippen molar-refractivity contribution in [2.24, 2.45) is 0 Å². The zero-order chi connectivity index (χ0) is 8.27. The summed E-state index contributed by atoms with van der Waals surface area (Å²) in [6.45, 7) is 1.97. The number of alkyl halides is 1. The molecule has 1 N–H and O–H groups in total. The van der Waals surface area contributed by atoms with Crippen molar-refractivity contribution in [2.75, 3.05) is 5.33 Å². The Kier molecular flexibility index (Phi) is 3.02. The Labute approximate surface area is 74.4 Å². The number of pyridine rings is 1. The average molecular weight is 216 g/mol. The number of hydrogen-bond acceptors (Lipinski definition) is 2. The second-order valence-corrected chi connectivity index (χ2v) is 3.08. The van der Waals surface area contributed by atoms with Gasteiger partial charge in [0.05, 0.1) is 5.69 Å². The zero-order valence-electron chi connectivity index (χ0n) is 6.29. The second kappa shape index (κ2) is 3.83. The number of nitrogens with zero attached hydrogens (tertiary/aromatic N) is 1. The van der Waals surface area contributed by atoms with Crippen LogP contribution in [0.2, 0.25) is 0 Å². The van der Waals surface area contributed by atoms with Gasteiger partial charge in [-0.3, -0.25) is 4.98 Å². The highest BCUT2D eigenvalue weighted by Crippen LogP contribution is 2.11. The Balaban J connectivity index is 2.81. The van der Waals surface area contributed by atoms with E-state index < -0.39 is 6.10 Å². The fraction of sp³-hybridized carbons (Fsp3) is 0.375. The van der Waals surface area contributed by atoms with Crippen LogP contribution in [0, 0.1) is 6.92 Å². The Hall–Kier alpha value is -0.410. The summed E-state index contributed by atoms with van der Waals surface area (Å²) in [5.41, 5.74) is 1.82. The maximum Gasteiger partial charge on any atom is 0.106 e. The van der Waals surface area contributed by atoms with Gasteiger partial charge in [0.2, 0.25) is 0 Å². The van der Waals surface area contributed by atoms with Crippen molar-refractivity contribution in [3.63, 3.8) is 0 Å². The molecule has 0 aliphatic heterocycles. The molecular weight excluding hydrogens is 206 g/mol. The van der Waals surface area contributed by atoms with E-state index in [2.05, 4.69) is 20.9 Å². The molecular formula is C8H10BrNO. The number of hydrogen-bond donors (Lipinski definition) is 1. The lowest BCUT2D eigenvalue weighted by molar-refractivity contribution is 0.200. The first-order valence-electron chi connectivity index (χ1n) is 3.40. The number of aryl methyl sites for hydroxylation is 1. The first kappa shape index (κ1) is 8.68. The minimum absolute atomic E-state index is 0.490. The summed E-state index contributed by atoms with van der Waals surface area (Å²) < 4.78 is 0. The van der Waals surface area contributed by atoms with Crippen LogP contribution in [0.3, 0.4) is 0 Å². The molecule has 11 heavy (non-hydrogen) atoms. The predicted molar refractivity (Wildman–Crippen MR) is 47.7 cm³/mol. The lowest BCUT2D eigenvalue weighted by Crippen LogP contribution is -2.00. The van der Waals surface area contributed by atoms with Crippen LogP contribution >= 0.6 is 15.9 Å². The molecule has 1 heterocycles.